The molecule has 0 heterocycles. The molecule has 106 valence electrons. The van der Waals surface area contributed by atoms with E-state index in [2.05, 4.69) is 15.9 Å². The fourth-order valence-corrected chi connectivity index (χ4v) is 2.35. The van der Waals surface area contributed by atoms with Gasteiger partial charge >= 0.3 is 0 Å². The highest BCUT2D eigenvalue weighted by molar-refractivity contribution is 9.10. The Balaban J connectivity index is 2.32. The molecule has 1 unspecified atom stereocenters. The van der Waals surface area contributed by atoms with E-state index in [1.54, 1.807) is 6.07 Å². The monoisotopic (exact) mass is 354 g/mol. The molecule has 0 aliphatic heterocycles. The molecule has 2 aromatic carbocycles. The maximum absolute atomic E-state index is 10.5. The molecule has 0 saturated carbocycles. The first kappa shape index (κ1) is 15.4. The molecule has 0 radical (unpaired) electrons. The second-order valence-electron chi connectivity index (χ2n) is 4.46. The van der Waals surface area contributed by atoms with Crippen molar-refractivity contribution in [2.75, 3.05) is 6.61 Å². The van der Waals surface area contributed by atoms with Gasteiger partial charge in [0.05, 0.1) is 11.6 Å². The number of halogens is 2. The quantitative estimate of drug-likeness (QED) is 0.820. The first-order chi connectivity index (χ1) is 9.63. The standard InChI is InChI=1S/C16H16BrClO2/c1-2-9-20-15-6-4-3-5-12(15)16(19)11-7-8-13(17)14(18)10-11/h3-8,10,16,19H,2,9H2,1H3. The third-order valence-electron chi connectivity index (χ3n) is 2.93. The number of ether oxygens (including phenoxy) is 1. The minimum Gasteiger partial charge on any atom is -0.493 e. The highest BCUT2D eigenvalue weighted by Gasteiger charge is 2.16. The third-order valence-corrected chi connectivity index (χ3v) is 4.17. The fourth-order valence-electron chi connectivity index (χ4n) is 1.91. The van der Waals surface area contributed by atoms with E-state index in [-0.39, 0.29) is 0 Å². The number of para-hydroxylation sites is 1. The maximum Gasteiger partial charge on any atom is 0.125 e. The van der Waals surface area contributed by atoms with Crippen molar-refractivity contribution in [3.63, 3.8) is 0 Å². The van der Waals surface area contributed by atoms with Crippen molar-refractivity contribution in [1.29, 1.82) is 0 Å². The van der Waals surface area contributed by atoms with Gasteiger partial charge in [-0.25, -0.2) is 0 Å². The minimum atomic E-state index is -0.756. The second-order valence-corrected chi connectivity index (χ2v) is 5.72. The Morgan fingerprint density at radius 2 is 2.00 bits per heavy atom. The van der Waals surface area contributed by atoms with Crippen molar-refractivity contribution < 1.29 is 9.84 Å². The summed E-state index contributed by atoms with van der Waals surface area (Å²) in [5.41, 5.74) is 1.49. The minimum absolute atomic E-state index is 0.577. The van der Waals surface area contributed by atoms with Crippen molar-refractivity contribution in [3.05, 3.63) is 63.1 Å². The zero-order valence-corrected chi connectivity index (χ0v) is 13.5. The molecule has 0 spiro atoms. The number of hydrogen-bond donors (Lipinski definition) is 1. The fraction of sp³-hybridized carbons (Fsp3) is 0.250. The summed E-state index contributed by atoms with van der Waals surface area (Å²) in [6, 6.07) is 13.0. The second kappa shape index (κ2) is 7.11. The van der Waals surface area contributed by atoms with Gasteiger partial charge in [-0.1, -0.05) is 42.8 Å². The zero-order valence-electron chi connectivity index (χ0n) is 11.1. The van der Waals surface area contributed by atoms with Crippen molar-refractivity contribution >= 4 is 27.5 Å². The van der Waals surface area contributed by atoms with Crippen LogP contribution in [-0.4, -0.2) is 11.7 Å². The molecule has 2 rings (SSSR count). The molecule has 4 heteroatoms. The predicted molar refractivity (Wildman–Crippen MR) is 85.4 cm³/mol. The van der Waals surface area contributed by atoms with Gasteiger partial charge in [0, 0.05) is 10.0 Å². The molecule has 1 N–H and O–H groups in total. The third kappa shape index (κ3) is 3.54. The number of hydrogen-bond acceptors (Lipinski definition) is 2. The van der Waals surface area contributed by atoms with Gasteiger partial charge in [0.2, 0.25) is 0 Å². The summed E-state index contributed by atoms with van der Waals surface area (Å²) >= 11 is 9.42. The van der Waals surface area contributed by atoms with Crippen molar-refractivity contribution in [3.8, 4) is 5.75 Å². The van der Waals surface area contributed by atoms with Crippen LogP contribution in [0.3, 0.4) is 0 Å². The zero-order chi connectivity index (χ0) is 14.5. The van der Waals surface area contributed by atoms with E-state index in [1.807, 2.05) is 43.3 Å². The molecule has 1 atom stereocenters. The number of rotatable bonds is 5. The molecule has 2 nitrogen and oxygen atoms in total. The molecule has 0 aliphatic carbocycles. The van der Waals surface area contributed by atoms with E-state index in [0.717, 1.165) is 22.0 Å². The highest BCUT2D eigenvalue weighted by Crippen LogP contribution is 2.33. The van der Waals surface area contributed by atoms with Crippen molar-refractivity contribution in [2.45, 2.75) is 19.4 Å². The van der Waals surface area contributed by atoms with Crippen LogP contribution in [-0.2, 0) is 0 Å². The van der Waals surface area contributed by atoms with Gasteiger partial charge in [0.15, 0.2) is 0 Å². The Labute approximate surface area is 132 Å². The number of benzene rings is 2. The van der Waals surface area contributed by atoms with Crippen LogP contribution in [0, 0.1) is 0 Å². The number of aliphatic hydroxyl groups excluding tert-OH is 1. The summed E-state index contributed by atoms with van der Waals surface area (Å²) < 4.78 is 6.49. The summed E-state index contributed by atoms with van der Waals surface area (Å²) in [4.78, 5) is 0. The summed E-state index contributed by atoms with van der Waals surface area (Å²) in [5, 5.41) is 11.1. The van der Waals surface area contributed by atoms with Crippen LogP contribution in [0.4, 0.5) is 0 Å². The Bertz CT molecular complexity index is 586. The molecular formula is C16H16BrClO2. The predicted octanol–water partition coefficient (Wildman–Crippen LogP) is 4.97. The average Bonchev–Trinajstić information content (AvgIpc) is 2.47. The average molecular weight is 356 g/mol. The Kier molecular flexibility index (Phi) is 5.46. The van der Waals surface area contributed by atoms with E-state index in [4.69, 9.17) is 16.3 Å². The number of aliphatic hydroxyl groups is 1. The van der Waals surface area contributed by atoms with Crippen molar-refractivity contribution in [1.82, 2.24) is 0 Å². The lowest BCUT2D eigenvalue weighted by Gasteiger charge is -2.16. The molecule has 0 aromatic heterocycles. The molecule has 0 fully saturated rings. The van der Waals surface area contributed by atoms with E-state index >= 15 is 0 Å². The van der Waals surface area contributed by atoms with Gasteiger partial charge in [-0.15, -0.1) is 0 Å². The maximum atomic E-state index is 10.5. The van der Waals surface area contributed by atoms with Gasteiger partial charge in [-0.2, -0.15) is 0 Å². The van der Waals surface area contributed by atoms with Crippen molar-refractivity contribution in [2.24, 2.45) is 0 Å². The smallest absolute Gasteiger partial charge is 0.125 e. The Hall–Kier alpha value is -1.03. The van der Waals surface area contributed by atoms with Gasteiger partial charge in [0.25, 0.3) is 0 Å². The summed E-state index contributed by atoms with van der Waals surface area (Å²) in [6.45, 7) is 2.68. The topological polar surface area (TPSA) is 29.5 Å². The normalized spacial score (nSPS) is 12.2. The van der Waals surface area contributed by atoms with E-state index in [1.165, 1.54) is 0 Å². The van der Waals surface area contributed by atoms with Gasteiger partial charge in [-0.05, 0) is 46.1 Å². The molecule has 0 saturated heterocycles. The molecule has 2 aromatic rings. The molecule has 0 amide bonds. The van der Waals surface area contributed by atoms with Crippen LogP contribution < -0.4 is 4.74 Å². The lowest BCUT2D eigenvalue weighted by atomic mass is 10.0. The highest BCUT2D eigenvalue weighted by atomic mass is 79.9. The van der Waals surface area contributed by atoms with E-state index in [0.29, 0.717) is 17.4 Å². The lowest BCUT2D eigenvalue weighted by Crippen LogP contribution is -2.04. The van der Waals surface area contributed by atoms with Gasteiger partial charge in [-0.3, -0.25) is 0 Å². The van der Waals surface area contributed by atoms with Crippen LogP contribution in [0.5, 0.6) is 5.75 Å². The molecule has 0 aliphatic rings. The van der Waals surface area contributed by atoms with Crippen LogP contribution in [0.1, 0.15) is 30.6 Å². The van der Waals surface area contributed by atoms with E-state index < -0.39 is 6.10 Å². The van der Waals surface area contributed by atoms with Crippen LogP contribution in [0.2, 0.25) is 5.02 Å². The van der Waals surface area contributed by atoms with Crippen LogP contribution >= 0.6 is 27.5 Å². The SMILES string of the molecule is CCCOc1ccccc1C(O)c1ccc(Br)c(Cl)c1. The van der Waals surface area contributed by atoms with E-state index in [9.17, 15) is 5.11 Å². The van der Waals surface area contributed by atoms with Gasteiger partial charge < -0.3 is 9.84 Å². The first-order valence-electron chi connectivity index (χ1n) is 6.48. The van der Waals surface area contributed by atoms with Crippen LogP contribution in [0.15, 0.2) is 46.9 Å². The molecule has 0 bridgehead atoms. The Morgan fingerprint density at radius 3 is 2.70 bits per heavy atom. The largest absolute Gasteiger partial charge is 0.493 e. The molecular weight excluding hydrogens is 340 g/mol. The molecule has 20 heavy (non-hydrogen) atoms. The summed E-state index contributed by atoms with van der Waals surface area (Å²) in [7, 11) is 0. The summed E-state index contributed by atoms with van der Waals surface area (Å²) in [6.07, 6.45) is 0.169. The van der Waals surface area contributed by atoms with Gasteiger partial charge in [0.1, 0.15) is 11.9 Å². The Morgan fingerprint density at radius 1 is 1.25 bits per heavy atom. The lowest BCUT2D eigenvalue weighted by molar-refractivity contribution is 0.210. The first-order valence-corrected chi connectivity index (χ1v) is 7.65. The summed E-state index contributed by atoms with van der Waals surface area (Å²) in [5.74, 6) is 0.709. The van der Waals surface area contributed by atoms with Crippen LogP contribution in [0.25, 0.3) is 0 Å².